The fraction of sp³-hybridized carbons (Fsp3) is 0.0714. The number of hydrogen-bond acceptors (Lipinski definition) is 3. The molecule has 19 heavy (non-hydrogen) atoms. The molecule has 0 aliphatic rings. The summed E-state index contributed by atoms with van der Waals surface area (Å²) < 4.78 is 0. The molecule has 0 spiro atoms. The van der Waals surface area contributed by atoms with Crippen molar-refractivity contribution >= 4 is 35.0 Å². The third-order valence-electron chi connectivity index (χ3n) is 2.51. The Morgan fingerprint density at radius 2 is 2.05 bits per heavy atom. The molecule has 5 heteroatoms. The molecule has 0 aromatic heterocycles. The van der Waals surface area contributed by atoms with E-state index in [0.29, 0.717) is 15.6 Å². The fourth-order valence-corrected chi connectivity index (χ4v) is 3.06. The van der Waals surface area contributed by atoms with Gasteiger partial charge in [-0.25, -0.2) is 4.79 Å². The molecule has 2 rings (SSSR count). The minimum Gasteiger partial charge on any atom is -0.478 e. The molecule has 0 bridgehead atoms. The second-order valence-corrected chi connectivity index (χ2v) is 5.59. The summed E-state index contributed by atoms with van der Waals surface area (Å²) in [5.41, 5.74) is 7.20. The zero-order chi connectivity index (χ0) is 14.0. The molecular formula is C14H12ClNO2S. The number of carboxylic acids is 1. The molecule has 0 heterocycles. The van der Waals surface area contributed by atoms with Crippen LogP contribution in [0.3, 0.4) is 0 Å². The zero-order valence-electron chi connectivity index (χ0n) is 10.2. The van der Waals surface area contributed by atoms with E-state index in [1.165, 1.54) is 17.8 Å². The Bertz CT molecular complexity index is 643. The van der Waals surface area contributed by atoms with Crippen molar-refractivity contribution in [3.8, 4) is 0 Å². The van der Waals surface area contributed by atoms with Gasteiger partial charge in [0.25, 0.3) is 0 Å². The van der Waals surface area contributed by atoms with Gasteiger partial charge in [0.05, 0.1) is 10.6 Å². The molecule has 0 atom stereocenters. The van der Waals surface area contributed by atoms with E-state index in [1.807, 2.05) is 31.2 Å². The first kappa shape index (κ1) is 13.8. The van der Waals surface area contributed by atoms with E-state index < -0.39 is 5.97 Å². The van der Waals surface area contributed by atoms with Crippen molar-refractivity contribution in [3.63, 3.8) is 0 Å². The van der Waals surface area contributed by atoms with Crippen molar-refractivity contribution < 1.29 is 9.90 Å². The lowest BCUT2D eigenvalue weighted by atomic mass is 10.2. The Morgan fingerprint density at radius 3 is 2.68 bits per heavy atom. The molecule has 0 aliphatic carbocycles. The normalized spacial score (nSPS) is 10.4. The average Bonchev–Trinajstić information content (AvgIpc) is 2.32. The van der Waals surface area contributed by atoms with Crippen molar-refractivity contribution in [3.05, 3.63) is 52.5 Å². The first-order chi connectivity index (χ1) is 8.97. The van der Waals surface area contributed by atoms with E-state index in [2.05, 4.69) is 0 Å². The maximum absolute atomic E-state index is 11.3. The fourth-order valence-electron chi connectivity index (χ4n) is 1.67. The van der Waals surface area contributed by atoms with Crippen molar-refractivity contribution in [1.82, 2.24) is 0 Å². The number of hydrogen-bond donors (Lipinski definition) is 2. The summed E-state index contributed by atoms with van der Waals surface area (Å²) in [6.45, 7) is 1.98. The predicted molar refractivity (Wildman–Crippen MR) is 78.1 cm³/mol. The molecule has 3 nitrogen and oxygen atoms in total. The van der Waals surface area contributed by atoms with E-state index in [0.717, 1.165) is 10.5 Å². The molecule has 98 valence electrons. The van der Waals surface area contributed by atoms with Crippen molar-refractivity contribution in [2.45, 2.75) is 16.7 Å². The van der Waals surface area contributed by atoms with Gasteiger partial charge in [-0.3, -0.25) is 0 Å². The molecule has 2 aromatic carbocycles. The number of aryl methyl sites for hydroxylation is 1. The highest BCUT2D eigenvalue weighted by Gasteiger charge is 2.16. The topological polar surface area (TPSA) is 63.3 Å². The highest BCUT2D eigenvalue weighted by Crippen LogP contribution is 2.37. The Hall–Kier alpha value is -1.65. The molecule has 0 fully saturated rings. The minimum absolute atomic E-state index is 0.122. The number of aromatic carboxylic acids is 1. The molecule has 0 unspecified atom stereocenters. The van der Waals surface area contributed by atoms with Gasteiger partial charge in [0.1, 0.15) is 0 Å². The summed E-state index contributed by atoms with van der Waals surface area (Å²) >= 11 is 7.43. The van der Waals surface area contributed by atoms with E-state index in [1.54, 1.807) is 6.07 Å². The van der Waals surface area contributed by atoms with Gasteiger partial charge in [-0.1, -0.05) is 41.1 Å². The van der Waals surface area contributed by atoms with E-state index >= 15 is 0 Å². The summed E-state index contributed by atoms with van der Waals surface area (Å²) in [5.74, 6) is -1.04. The highest BCUT2D eigenvalue weighted by atomic mass is 35.5. The summed E-state index contributed by atoms with van der Waals surface area (Å²) in [4.78, 5) is 12.7. The average molecular weight is 294 g/mol. The van der Waals surface area contributed by atoms with Gasteiger partial charge in [0.2, 0.25) is 0 Å². The predicted octanol–water partition coefficient (Wildman–Crippen LogP) is 4.08. The van der Waals surface area contributed by atoms with E-state index in [9.17, 15) is 9.90 Å². The molecule has 3 N–H and O–H groups in total. The Morgan fingerprint density at radius 1 is 1.32 bits per heavy atom. The van der Waals surface area contributed by atoms with Crippen LogP contribution in [-0.2, 0) is 0 Å². The Kier molecular flexibility index (Phi) is 4.02. The number of halogens is 1. The second kappa shape index (κ2) is 5.55. The summed E-state index contributed by atoms with van der Waals surface area (Å²) in [5, 5.41) is 9.57. The summed E-state index contributed by atoms with van der Waals surface area (Å²) in [6, 6.07) is 10.8. The van der Waals surface area contributed by atoms with Crippen LogP contribution in [-0.4, -0.2) is 11.1 Å². The zero-order valence-corrected chi connectivity index (χ0v) is 11.8. The SMILES string of the molecule is Cc1cccc(Sc2c(Cl)cc(N)cc2C(=O)O)c1. The van der Waals surface area contributed by atoms with Gasteiger partial charge in [-0.05, 0) is 31.2 Å². The van der Waals surface area contributed by atoms with E-state index in [4.69, 9.17) is 17.3 Å². The lowest BCUT2D eigenvalue weighted by Crippen LogP contribution is -2.01. The van der Waals surface area contributed by atoms with Crippen molar-refractivity contribution in [1.29, 1.82) is 0 Å². The second-order valence-electron chi connectivity index (χ2n) is 4.10. The lowest BCUT2D eigenvalue weighted by Gasteiger charge is -2.10. The third-order valence-corrected chi connectivity index (χ3v) is 4.05. The molecular weight excluding hydrogens is 282 g/mol. The molecule has 0 radical (unpaired) electrons. The number of nitrogens with two attached hydrogens (primary N) is 1. The number of carboxylic acid groups (broad SMARTS) is 1. The number of carbonyl (C=O) groups is 1. The molecule has 0 saturated carbocycles. The van der Waals surface area contributed by atoms with Crippen molar-refractivity contribution in [2.75, 3.05) is 5.73 Å². The summed E-state index contributed by atoms with van der Waals surface area (Å²) in [7, 11) is 0. The maximum atomic E-state index is 11.3. The third kappa shape index (κ3) is 3.22. The molecule has 0 saturated heterocycles. The molecule has 0 aliphatic heterocycles. The first-order valence-corrected chi connectivity index (χ1v) is 6.73. The van der Waals surface area contributed by atoms with Crippen LogP contribution in [0.2, 0.25) is 5.02 Å². The number of nitrogen functional groups attached to an aromatic ring is 1. The van der Waals surface area contributed by atoms with Gasteiger partial charge in [0, 0.05) is 15.5 Å². The largest absolute Gasteiger partial charge is 0.478 e. The highest BCUT2D eigenvalue weighted by molar-refractivity contribution is 7.99. The van der Waals surface area contributed by atoms with Gasteiger partial charge in [-0.15, -0.1) is 0 Å². The lowest BCUT2D eigenvalue weighted by molar-refractivity contribution is 0.0693. The standard InChI is InChI=1S/C14H12ClNO2S/c1-8-3-2-4-10(5-8)19-13-11(14(17)18)6-9(16)7-12(13)15/h2-7H,16H2,1H3,(H,17,18). The van der Waals surface area contributed by atoms with Crippen LogP contribution in [0.1, 0.15) is 15.9 Å². The quantitative estimate of drug-likeness (QED) is 0.837. The smallest absolute Gasteiger partial charge is 0.336 e. The van der Waals surface area contributed by atoms with E-state index in [-0.39, 0.29) is 5.56 Å². The number of anilines is 1. The number of benzene rings is 2. The van der Waals surface area contributed by atoms with Crippen LogP contribution < -0.4 is 5.73 Å². The van der Waals surface area contributed by atoms with Crippen LogP contribution >= 0.6 is 23.4 Å². The summed E-state index contributed by atoms with van der Waals surface area (Å²) in [6.07, 6.45) is 0. The number of rotatable bonds is 3. The first-order valence-electron chi connectivity index (χ1n) is 5.54. The van der Waals surface area contributed by atoms with Gasteiger partial charge in [-0.2, -0.15) is 0 Å². The monoisotopic (exact) mass is 293 g/mol. The van der Waals surface area contributed by atoms with Crippen LogP contribution in [0.15, 0.2) is 46.2 Å². The van der Waals surface area contributed by atoms with Crippen LogP contribution in [0.4, 0.5) is 5.69 Å². The van der Waals surface area contributed by atoms with Crippen LogP contribution in [0, 0.1) is 6.92 Å². The van der Waals surface area contributed by atoms with Gasteiger partial charge < -0.3 is 10.8 Å². The minimum atomic E-state index is -1.04. The molecule has 0 amide bonds. The van der Waals surface area contributed by atoms with Gasteiger partial charge >= 0.3 is 5.97 Å². The van der Waals surface area contributed by atoms with Crippen LogP contribution in [0.5, 0.6) is 0 Å². The van der Waals surface area contributed by atoms with Crippen LogP contribution in [0.25, 0.3) is 0 Å². The molecule has 2 aromatic rings. The Labute approximate surface area is 120 Å². The van der Waals surface area contributed by atoms with Gasteiger partial charge in [0.15, 0.2) is 0 Å². The van der Waals surface area contributed by atoms with Crippen molar-refractivity contribution in [2.24, 2.45) is 0 Å². The Balaban J connectivity index is 2.47. The maximum Gasteiger partial charge on any atom is 0.336 e.